The smallest absolute Gasteiger partial charge is 0.235 e. The summed E-state index contributed by atoms with van der Waals surface area (Å²) >= 11 is 0. The van der Waals surface area contributed by atoms with Crippen LogP contribution in [-0.2, 0) is 23.1 Å². The molecule has 1 aliphatic heterocycles. The number of carbonyl (C=O) groups is 1. The minimum absolute atomic E-state index is 0.108. The molecule has 0 saturated carbocycles. The molecule has 8 rings (SSSR count). The van der Waals surface area contributed by atoms with Crippen LogP contribution in [0.1, 0.15) is 47.9 Å². The molecule has 1 aliphatic rings. The van der Waals surface area contributed by atoms with E-state index < -0.39 is 51.4 Å². The number of aromatic nitrogens is 8. The van der Waals surface area contributed by atoms with Gasteiger partial charge in [0.1, 0.15) is 52.1 Å². The molecule has 0 spiro atoms. The molecule has 0 radical (unpaired) electrons. The first-order valence-corrected chi connectivity index (χ1v) is 15.9. The average Bonchev–Trinajstić information content (AvgIpc) is 3.77. The molecule has 0 fully saturated rings. The highest BCUT2D eigenvalue weighted by atomic mass is 19.2. The van der Waals surface area contributed by atoms with Crippen LogP contribution in [-0.4, -0.2) is 50.9 Å². The number of halogens is 6. The Kier molecular flexibility index (Phi) is 8.70. The molecule has 274 valence electrons. The zero-order valence-corrected chi connectivity index (χ0v) is 28.1. The van der Waals surface area contributed by atoms with Crippen molar-refractivity contribution in [2.45, 2.75) is 32.1 Å². The number of carbonyl (C=O) groups excluding carboxylic acids is 1. The fraction of sp³-hybridized carbons (Fsp3) is 0.143. The SMILES string of the molecule is CC1(C)C(=O)Nc2nc(-c3nc(Cc4c(F)ccc(F)c4F)n4ncccc34)nc(N)c21.N=C(N)c1nc(Cc2c(F)ccc(F)c2F)n2ncccc12. The fourth-order valence-electron chi connectivity index (χ4n) is 6.02. The summed E-state index contributed by atoms with van der Waals surface area (Å²) < 4.78 is 85.6. The number of nitrogens with two attached hydrogens (primary N) is 2. The van der Waals surface area contributed by atoms with E-state index in [4.69, 9.17) is 16.9 Å². The van der Waals surface area contributed by atoms with Gasteiger partial charge in [0.25, 0.3) is 0 Å². The Labute approximate surface area is 300 Å². The van der Waals surface area contributed by atoms with Gasteiger partial charge in [-0.15, -0.1) is 0 Å². The van der Waals surface area contributed by atoms with E-state index in [9.17, 15) is 31.1 Å². The minimum Gasteiger partial charge on any atom is -0.383 e. The number of amides is 1. The lowest BCUT2D eigenvalue weighted by Gasteiger charge is -2.15. The second-order valence-corrected chi connectivity index (χ2v) is 12.5. The molecule has 7 aromatic rings. The number of hydrogen-bond acceptors (Lipinski definition) is 9. The van der Waals surface area contributed by atoms with E-state index in [0.717, 1.165) is 24.3 Å². The Morgan fingerprint density at radius 3 is 1.85 bits per heavy atom. The van der Waals surface area contributed by atoms with Crippen LogP contribution < -0.4 is 16.8 Å². The third-order valence-corrected chi connectivity index (χ3v) is 8.73. The molecule has 0 unspecified atom stereocenters. The quantitative estimate of drug-likeness (QED) is 0.0783. The Morgan fingerprint density at radius 1 is 0.759 bits per heavy atom. The van der Waals surface area contributed by atoms with Crippen molar-refractivity contribution in [1.82, 2.24) is 39.2 Å². The number of amidine groups is 1. The first-order valence-electron chi connectivity index (χ1n) is 15.9. The average molecular weight is 745 g/mol. The van der Waals surface area contributed by atoms with E-state index in [1.54, 1.807) is 38.1 Å². The lowest BCUT2D eigenvalue weighted by atomic mass is 9.87. The number of hydrogen-bond donors (Lipinski definition) is 4. The number of nitrogen functional groups attached to an aromatic ring is 2. The molecule has 5 aromatic heterocycles. The number of benzene rings is 2. The van der Waals surface area contributed by atoms with E-state index in [2.05, 4.69) is 35.5 Å². The summed E-state index contributed by atoms with van der Waals surface area (Å²) in [5.74, 6) is -6.40. The lowest BCUT2D eigenvalue weighted by molar-refractivity contribution is -0.119. The van der Waals surface area contributed by atoms with E-state index in [-0.39, 0.29) is 65.1 Å². The van der Waals surface area contributed by atoms with Crippen molar-refractivity contribution >= 4 is 34.4 Å². The second kappa shape index (κ2) is 13.2. The van der Waals surface area contributed by atoms with Crippen LogP contribution in [0.4, 0.5) is 38.0 Å². The number of nitrogens with zero attached hydrogens (tertiary/aromatic N) is 8. The fourth-order valence-corrected chi connectivity index (χ4v) is 6.02. The third-order valence-electron chi connectivity index (χ3n) is 8.73. The van der Waals surface area contributed by atoms with Gasteiger partial charge in [-0.1, -0.05) is 0 Å². The van der Waals surface area contributed by atoms with Crippen molar-refractivity contribution in [1.29, 1.82) is 5.41 Å². The molecule has 1 amide bonds. The van der Waals surface area contributed by atoms with Gasteiger partial charge in [-0.2, -0.15) is 10.2 Å². The van der Waals surface area contributed by atoms with Crippen LogP contribution in [0.2, 0.25) is 0 Å². The van der Waals surface area contributed by atoms with Crippen LogP contribution >= 0.6 is 0 Å². The van der Waals surface area contributed by atoms with Crippen molar-refractivity contribution in [3.63, 3.8) is 0 Å². The van der Waals surface area contributed by atoms with Crippen molar-refractivity contribution in [3.05, 3.63) is 130 Å². The van der Waals surface area contributed by atoms with Gasteiger partial charge in [-0.25, -0.2) is 55.3 Å². The predicted octanol–water partition coefficient (Wildman–Crippen LogP) is 5.03. The predicted molar refractivity (Wildman–Crippen MR) is 182 cm³/mol. The summed E-state index contributed by atoms with van der Waals surface area (Å²) in [5.41, 5.74) is 11.5. The van der Waals surface area contributed by atoms with Crippen LogP contribution in [0.5, 0.6) is 0 Å². The third kappa shape index (κ3) is 5.97. The maximum atomic E-state index is 14.2. The Hall–Kier alpha value is -6.92. The molecular formula is C35H26F6N12O. The normalized spacial score (nSPS) is 13.1. The van der Waals surface area contributed by atoms with Gasteiger partial charge in [-0.05, 0) is 62.4 Å². The second-order valence-electron chi connectivity index (χ2n) is 12.5. The Bertz CT molecular complexity index is 2670. The monoisotopic (exact) mass is 744 g/mol. The molecule has 0 bridgehead atoms. The highest BCUT2D eigenvalue weighted by Gasteiger charge is 2.42. The van der Waals surface area contributed by atoms with E-state index in [1.807, 2.05) is 0 Å². The van der Waals surface area contributed by atoms with Crippen molar-refractivity contribution in [2.24, 2.45) is 5.73 Å². The van der Waals surface area contributed by atoms with E-state index in [1.165, 1.54) is 21.4 Å². The number of fused-ring (bicyclic) bond motifs is 3. The van der Waals surface area contributed by atoms with Crippen molar-refractivity contribution in [3.8, 4) is 11.5 Å². The van der Waals surface area contributed by atoms with E-state index in [0.29, 0.717) is 16.6 Å². The summed E-state index contributed by atoms with van der Waals surface area (Å²) in [4.78, 5) is 29.6. The van der Waals surface area contributed by atoms with Crippen LogP contribution in [0.3, 0.4) is 0 Å². The standard InChI is InChI=1S/C21H16F3N7O.C14H10F3N5/c1-21(2)14-17(25)28-19(29-18(14)30-20(21)32)16-12-4-3-7-26-31(12)13(27-16)8-9-10(22)5-6-11(23)15(9)24;15-8-3-4-9(16)12(17)7(8)6-11-21-13(14(18)19)10-2-1-5-20-22(10)11/h3-7H,8H2,1-2H3,(H3,25,28,29,30,32);1-5H,6H2,(H3,18,19). The number of anilines is 2. The van der Waals surface area contributed by atoms with Crippen LogP contribution in [0, 0.1) is 40.3 Å². The zero-order chi connectivity index (χ0) is 38.6. The Balaban J connectivity index is 0.000000179. The van der Waals surface area contributed by atoms with E-state index >= 15 is 0 Å². The molecule has 0 aliphatic carbocycles. The maximum Gasteiger partial charge on any atom is 0.235 e. The molecular weight excluding hydrogens is 718 g/mol. The highest BCUT2D eigenvalue weighted by Crippen LogP contribution is 2.40. The van der Waals surface area contributed by atoms with Gasteiger partial charge in [0.15, 0.2) is 29.1 Å². The summed E-state index contributed by atoms with van der Waals surface area (Å²) in [6, 6.07) is 9.71. The summed E-state index contributed by atoms with van der Waals surface area (Å²) in [7, 11) is 0. The van der Waals surface area contributed by atoms with Crippen molar-refractivity contribution < 1.29 is 31.1 Å². The highest BCUT2D eigenvalue weighted by molar-refractivity contribution is 6.06. The molecule has 0 saturated heterocycles. The van der Waals surface area contributed by atoms with Crippen LogP contribution in [0.25, 0.3) is 22.6 Å². The summed E-state index contributed by atoms with van der Waals surface area (Å²) in [6.07, 6.45) is 2.25. The summed E-state index contributed by atoms with van der Waals surface area (Å²) in [6.45, 7) is 3.42. The number of nitrogens with one attached hydrogen (secondary N) is 2. The molecule has 6 heterocycles. The number of imidazole rings is 2. The van der Waals surface area contributed by atoms with Gasteiger partial charge >= 0.3 is 0 Å². The van der Waals surface area contributed by atoms with Gasteiger partial charge in [0, 0.05) is 36.4 Å². The first-order chi connectivity index (χ1) is 25.7. The van der Waals surface area contributed by atoms with Crippen molar-refractivity contribution in [2.75, 3.05) is 11.1 Å². The topological polar surface area (TPSA) is 191 Å². The minimum atomic E-state index is -1.29. The van der Waals surface area contributed by atoms with Gasteiger partial charge < -0.3 is 16.8 Å². The summed E-state index contributed by atoms with van der Waals surface area (Å²) in [5, 5.41) is 18.4. The molecule has 6 N–H and O–H groups in total. The largest absolute Gasteiger partial charge is 0.383 e. The molecule has 19 heteroatoms. The molecule has 2 aromatic carbocycles. The first kappa shape index (κ1) is 35.5. The van der Waals surface area contributed by atoms with Gasteiger partial charge in [-0.3, -0.25) is 10.2 Å². The van der Waals surface area contributed by atoms with Gasteiger partial charge in [0.2, 0.25) is 5.91 Å². The maximum absolute atomic E-state index is 14.2. The molecule has 0 atom stereocenters. The lowest BCUT2D eigenvalue weighted by Crippen LogP contribution is -2.27. The molecule has 54 heavy (non-hydrogen) atoms. The van der Waals surface area contributed by atoms with Crippen LogP contribution in [0.15, 0.2) is 60.9 Å². The zero-order valence-electron chi connectivity index (χ0n) is 28.1. The Morgan fingerprint density at radius 2 is 1.28 bits per heavy atom. The number of rotatable bonds is 6. The van der Waals surface area contributed by atoms with Gasteiger partial charge in [0.05, 0.1) is 22.0 Å². The molecule has 13 nitrogen and oxygen atoms in total.